The van der Waals surface area contributed by atoms with Gasteiger partial charge in [0, 0.05) is 18.0 Å². The zero-order chi connectivity index (χ0) is 13.7. The molecule has 2 aromatic rings. The number of aromatic nitrogens is 1. The van der Waals surface area contributed by atoms with E-state index in [1.165, 1.54) is 7.11 Å². The Kier molecular flexibility index (Phi) is 4.13. The summed E-state index contributed by atoms with van der Waals surface area (Å²) < 4.78 is 10.4. The zero-order valence-corrected chi connectivity index (χ0v) is 10.9. The van der Waals surface area contributed by atoms with Crippen LogP contribution >= 0.6 is 0 Å². The molecule has 0 spiro atoms. The molecule has 0 N–H and O–H groups in total. The predicted octanol–water partition coefficient (Wildman–Crippen LogP) is 3.01. The number of hydrogen-bond donors (Lipinski definition) is 0. The van der Waals surface area contributed by atoms with Gasteiger partial charge in [0.15, 0.2) is 0 Å². The van der Waals surface area contributed by atoms with Crippen LogP contribution in [0, 0.1) is 0 Å². The van der Waals surface area contributed by atoms with E-state index in [0.717, 1.165) is 5.56 Å². The minimum atomic E-state index is -0.355. The number of hydrogen-bond acceptors (Lipinski definition) is 4. The minimum Gasteiger partial charge on any atom is -0.486 e. The van der Waals surface area contributed by atoms with Crippen LogP contribution in [-0.4, -0.2) is 18.1 Å². The standard InChI is InChI=1S/C15H15NO3/c1-11(13-4-3-9-16-10-13)19-14-7-5-12(6-8-14)15(17)18-2/h3-11H,1-2H3. The number of esters is 1. The lowest BCUT2D eigenvalue weighted by Crippen LogP contribution is -2.04. The number of methoxy groups -OCH3 is 1. The Labute approximate surface area is 112 Å². The second-order valence-corrected chi connectivity index (χ2v) is 4.06. The maximum atomic E-state index is 11.3. The molecule has 1 aromatic heterocycles. The van der Waals surface area contributed by atoms with Crippen molar-refractivity contribution in [1.29, 1.82) is 0 Å². The molecular formula is C15H15NO3. The predicted molar refractivity (Wildman–Crippen MR) is 71.1 cm³/mol. The van der Waals surface area contributed by atoms with Gasteiger partial charge in [-0.25, -0.2) is 4.79 Å². The smallest absolute Gasteiger partial charge is 0.337 e. The van der Waals surface area contributed by atoms with Gasteiger partial charge in [0.2, 0.25) is 0 Å². The van der Waals surface area contributed by atoms with E-state index < -0.39 is 0 Å². The van der Waals surface area contributed by atoms with Gasteiger partial charge in [-0.05, 0) is 37.3 Å². The highest BCUT2D eigenvalue weighted by Crippen LogP contribution is 2.21. The highest BCUT2D eigenvalue weighted by atomic mass is 16.5. The van der Waals surface area contributed by atoms with Crippen molar-refractivity contribution in [3.8, 4) is 5.75 Å². The van der Waals surface area contributed by atoms with E-state index >= 15 is 0 Å². The highest BCUT2D eigenvalue weighted by Gasteiger charge is 2.08. The second kappa shape index (κ2) is 6.00. The SMILES string of the molecule is COC(=O)c1ccc(OC(C)c2cccnc2)cc1. The molecule has 0 aliphatic rings. The number of carbonyl (C=O) groups excluding carboxylic acids is 1. The Morgan fingerprint density at radius 2 is 1.95 bits per heavy atom. The van der Waals surface area contributed by atoms with Gasteiger partial charge >= 0.3 is 5.97 Å². The van der Waals surface area contributed by atoms with Gasteiger partial charge in [-0.2, -0.15) is 0 Å². The molecule has 4 heteroatoms. The summed E-state index contributed by atoms with van der Waals surface area (Å²) in [5.74, 6) is 0.343. The third kappa shape index (κ3) is 3.31. The van der Waals surface area contributed by atoms with Crippen molar-refractivity contribution in [3.05, 3.63) is 59.9 Å². The first-order valence-electron chi connectivity index (χ1n) is 5.95. The van der Waals surface area contributed by atoms with Crippen molar-refractivity contribution in [2.45, 2.75) is 13.0 Å². The summed E-state index contributed by atoms with van der Waals surface area (Å²) in [6.45, 7) is 1.95. The number of rotatable bonds is 4. The first-order chi connectivity index (χ1) is 9.20. The third-order valence-electron chi connectivity index (χ3n) is 2.74. The normalized spacial score (nSPS) is 11.7. The molecule has 2 rings (SSSR count). The summed E-state index contributed by atoms with van der Waals surface area (Å²) in [5, 5.41) is 0. The van der Waals surface area contributed by atoms with Crippen LogP contribution in [0.15, 0.2) is 48.8 Å². The summed E-state index contributed by atoms with van der Waals surface area (Å²) in [5.41, 5.74) is 1.50. The van der Waals surface area contributed by atoms with Crippen LogP contribution in [0.2, 0.25) is 0 Å². The van der Waals surface area contributed by atoms with Gasteiger partial charge in [-0.15, -0.1) is 0 Å². The number of pyridine rings is 1. The number of carbonyl (C=O) groups is 1. The van der Waals surface area contributed by atoms with Crippen molar-refractivity contribution < 1.29 is 14.3 Å². The van der Waals surface area contributed by atoms with Crippen molar-refractivity contribution in [2.24, 2.45) is 0 Å². The van der Waals surface area contributed by atoms with E-state index in [9.17, 15) is 4.79 Å². The van der Waals surface area contributed by atoms with Crippen molar-refractivity contribution >= 4 is 5.97 Å². The van der Waals surface area contributed by atoms with E-state index in [4.69, 9.17) is 4.74 Å². The van der Waals surface area contributed by atoms with E-state index in [2.05, 4.69) is 9.72 Å². The van der Waals surface area contributed by atoms with Gasteiger partial charge in [-0.1, -0.05) is 6.07 Å². The molecule has 98 valence electrons. The molecule has 0 radical (unpaired) electrons. The molecule has 0 bridgehead atoms. The summed E-state index contributed by atoms with van der Waals surface area (Å²) in [6, 6.07) is 10.7. The molecule has 1 atom stereocenters. The Morgan fingerprint density at radius 1 is 1.21 bits per heavy atom. The second-order valence-electron chi connectivity index (χ2n) is 4.06. The highest BCUT2D eigenvalue weighted by molar-refractivity contribution is 5.89. The molecule has 4 nitrogen and oxygen atoms in total. The molecule has 1 unspecified atom stereocenters. The lowest BCUT2D eigenvalue weighted by atomic mass is 10.2. The molecule has 19 heavy (non-hydrogen) atoms. The quantitative estimate of drug-likeness (QED) is 0.790. The molecular weight excluding hydrogens is 242 g/mol. The molecule has 0 amide bonds. The fourth-order valence-electron chi connectivity index (χ4n) is 1.68. The molecule has 0 aliphatic carbocycles. The summed E-state index contributed by atoms with van der Waals surface area (Å²) in [6.07, 6.45) is 3.40. The average Bonchev–Trinajstić information content (AvgIpc) is 2.48. The summed E-state index contributed by atoms with van der Waals surface area (Å²) >= 11 is 0. The largest absolute Gasteiger partial charge is 0.486 e. The summed E-state index contributed by atoms with van der Waals surface area (Å²) in [4.78, 5) is 15.4. The number of nitrogens with zero attached hydrogens (tertiary/aromatic N) is 1. The van der Waals surface area contributed by atoms with Gasteiger partial charge in [-0.3, -0.25) is 4.98 Å². The number of benzene rings is 1. The topological polar surface area (TPSA) is 48.4 Å². The molecule has 0 saturated heterocycles. The lowest BCUT2D eigenvalue weighted by molar-refractivity contribution is 0.0600. The fraction of sp³-hybridized carbons (Fsp3) is 0.200. The molecule has 0 saturated carbocycles. The Morgan fingerprint density at radius 3 is 2.53 bits per heavy atom. The van der Waals surface area contributed by atoms with Crippen LogP contribution in [0.5, 0.6) is 5.75 Å². The molecule has 1 aromatic carbocycles. The van der Waals surface area contributed by atoms with Crippen LogP contribution in [0.4, 0.5) is 0 Å². The third-order valence-corrected chi connectivity index (χ3v) is 2.74. The van der Waals surface area contributed by atoms with E-state index in [0.29, 0.717) is 11.3 Å². The Bertz CT molecular complexity index is 537. The van der Waals surface area contributed by atoms with Crippen LogP contribution in [0.25, 0.3) is 0 Å². The Balaban J connectivity index is 2.06. The maximum Gasteiger partial charge on any atom is 0.337 e. The van der Waals surface area contributed by atoms with E-state index in [-0.39, 0.29) is 12.1 Å². The van der Waals surface area contributed by atoms with Crippen molar-refractivity contribution in [1.82, 2.24) is 4.98 Å². The van der Waals surface area contributed by atoms with Crippen molar-refractivity contribution in [3.63, 3.8) is 0 Å². The average molecular weight is 257 g/mol. The van der Waals surface area contributed by atoms with Crippen LogP contribution in [0.3, 0.4) is 0 Å². The molecule has 0 fully saturated rings. The van der Waals surface area contributed by atoms with Crippen molar-refractivity contribution in [2.75, 3.05) is 7.11 Å². The van der Waals surface area contributed by atoms with Crippen LogP contribution in [0.1, 0.15) is 28.9 Å². The van der Waals surface area contributed by atoms with Crippen LogP contribution in [-0.2, 0) is 4.74 Å². The fourth-order valence-corrected chi connectivity index (χ4v) is 1.68. The number of ether oxygens (including phenoxy) is 2. The first kappa shape index (κ1) is 13.1. The monoisotopic (exact) mass is 257 g/mol. The van der Waals surface area contributed by atoms with Gasteiger partial charge in [0.05, 0.1) is 12.7 Å². The minimum absolute atomic E-state index is 0.0994. The van der Waals surface area contributed by atoms with Gasteiger partial charge < -0.3 is 9.47 Å². The summed E-state index contributed by atoms with van der Waals surface area (Å²) in [7, 11) is 1.36. The van der Waals surface area contributed by atoms with Gasteiger partial charge in [0.25, 0.3) is 0 Å². The lowest BCUT2D eigenvalue weighted by Gasteiger charge is -2.14. The van der Waals surface area contributed by atoms with Gasteiger partial charge in [0.1, 0.15) is 11.9 Å². The van der Waals surface area contributed by atoms with E-state index in [1.807, 2.05) is 19.1 Å². The first-order valence-corrected chi connectivity index (χ1v) is 5.95. The Hall–Kier alpha value is -2.36. The maximum absolute atomic E-state index is 11.3. The molecule has 1 heterocycles. The van der Waals surface area contributed by atoms with Crippen LogP contribution < -0.4 is 4.74 Å². The molecule has 0 aliphatic heterocycles. The van der Waals surface area contributed by atoms with E-state index in [1.54, 1.807) is 36.7 Å². The zero-order valence-electron chi connectivity index (χ0n) is 10.9.